The smallest absolute Gasteiger partial charge is 0.0408 e. The number of nitrogens with zero attached hydrogens (tertiary/aromatic N) is 1. The molecule has 2 rings (SSSR count). The zero-order chi connectivity index (χ0) is 13.0. The highest BCUT2D eigenvalue weighted by atomic mass is 35.5. The first kappa shape index (κ1) is 13.9. The second kappa shape index (κ2) is 6.55. The van der Waals surface area contributed by atoms with Gasteiger partial charge < -0.3 is 10.6 Å². The molecule has 1 fully saturated rings. The summed E-state index contributed by atoms with van der Waals surface area (Å²) in [6, 6.07) is 8.22. The number of likely N-dealkylation sites (tertiary alicyclic amines) is 1. The molecular weight excluding hydrogens is 244 g/mol. The van der Waals surface area contributed by atoms with E-state index < -0.39 is 0 Å². The largest absolute Gasteiger partial charge is 0.330 e. The number of halogens is 1. The zero-order valence-corrected chi connectivity index (χ0v) is 11.9. The lowest BCUT2D eigenvalue weighted by Gasteiger charge is -2.33. The van der Waals surface area contributed by atoms with Crippen molar-refractivity contribution in [3.63, 3.8) is 0 Å². The van der Waals surface area contributed by atoms with E-state index in [1.54, 1.807) is 0 Å². The Balaban J connectivity index is 1.86. The highest BCUT2D eigenvalue weighted by Crippen LogP contribution is 2.23. The zero-order valence-electron chi connectivity index (χ0n) is 11.1. The van der Waals surface area contributed by atoms with Gasteiger partial charge in [0.15, 0.2) is 0 Å². The number of hydrogen-bond acceptors (Lipinski definition) is 2. The monoisotopic (exact) mass is 266 g/mol. The van der Waals surface area contributed by atoms with Gasteiger partial charge in [0.05, 0.1) is 0 Å². The van der Waals surface area contributed by atoms with Crippen LogP contribution in [0.2, 0.25) is 5.02 Å². The van der Waals surface area contributed by atoms with E-state index in [9.17, 15) is 0 Å². The Labute approximate surface area is 115 Å². The van der Waals surface area contributed by atoms with Gasteiger partial charge in [-0.15, -0.1) is 0 Å². The predicted molar refractivity (Wildman–Crippen MR) is 78.1 cm³/mol. The molecule has 1 aliphatic heterocycles. The van der Waals surface area contributed by atoms with Gasteiger partial charge in [-0.3, -0.25) is 0 Å². The second-order valence-electron chi connectivity index (χ2n) is 5.44. The summed E-state index contributed by atoms with van der Waals surface area (Å²) in [4.78, 5) is 2.55. The van der Waals surface area contributed by atoms with E-state index in [1.165, 1.54) is 31.5 Å². The van der Waals surface area contributed by atoms with E-state index >= 15 is 0 Å². The van der Waals surface area contributed by atoms with Crippen LogP contribution in [0.4, 0.5) is 0 Å². The van der Waals surface area contributed by atoms with Crippen LogP contribution in [0.25, 0.3) is 0 Å². The molecule has 0 spiro atoms. The van der Waals surface area contributed by atoms with E-state index in [0.717, 1.165) is 24.0 Å². The van der Waals surface area contributed by atoms with Crippen molar-refractivity contribution in [2.24, 2.45) is 11.7 Å². The van der Waals surface area contributed by atoms with Crippen molar-refractivity contribution in [2.45, 2.75) is 25.7 Å². The van der Waals surface area contributed by atoms with E-state index in [4.69, 9.17) is 17.3 Å². The molecule has 1 saturated heterocycles. The number of rotatable bonds is 4. The summed E-state index contributed by atoms with van der Waals surface area (Å²) in [6.07, 6.45) is 2.50. The number of hydrogen-bond donors (Lipinski definition) is 1. The molecule has 0 aliphatic carbocycles. The van der Waals surface area contributed by atoms with Crippen molar-refractivity contribution in [3.05, 3.63) is 34.9 Å². The Morgan fingerprint density at radius 2 is 2.11 bits per heavy atom. The van der Waals surface area contributed by atoms with E-state index in [0.29, 0.717) is 5.92 Å². The van der Waals surface area contributed by atoms with Crippen molar-refractivity contribution in [1.29, 1.82) is 0 Å². The maximum atomic E-state index is 6.04. The minimum Gasteiger partial charge on any atom is -0.330 e. The molecule has 1 aliphatic rings. The first-order valence-corrected chi connectivity index (χ1v) is 7.24. The van der Waals surface area contributed by atoms with Crippen molar-refractivity contribution in [2.75, 3.05) is 26.2 Å². The first-order valence-electron chi connectivity index (χ1n) is 6.87. The normalized spacial score (nSPS) is 19.9. The molecule has 1 unspecified atom stereocenters. The van der Waals surface area contributed by atoms with Gasteiger partial charge in [0.1, 0.15) is 0 Å². The molecule has 0 saturated carbocycles. The first-order chi connectivity index (χ1) is 8.69. The van der Waals surface area contributed by atoms with Gasteiger partial charge in [-0.25, -0.2) is 0 Å². The van der Waals surface area contributed by atoms with E-state index in [2.05, 4.69) is 24.0 Å². The van der Waals surface area contributed by atoms with Gasteiger partial charge in [0.25, 0.3) is 0 Å². The van der Waals surface area contributed by atoms with Gasteiger partial charge in [0, 0.05) is 11.6 Å². The number of piperidine rings is 1. The lowest BCUT2D eigenvalue weighted by atomic mass is 9.95. The summed E-state index contributed by atoms with van der Waals surface area (Å²) >= 11 is 6.04. The molecule has 1 heterocycles. The molecule has 2 nitrogen and oxygen atoms in total. The molecular formula is C15H23ClN2. The van der Waals surface area contributed by atoms with Crippen LogP contribution in [0.15, 0.2) is 24.3 Å². The van der Waals surface area contributed by atoms with Crippen molar-refractivity contribution in [3.8, 4) is 0 Å². The van der Waals surface area contributed by atoms with Gasteiger partial charge >= 0.3 is 0 Å². The quantitative estimate of drug-likeness (QED) is 0.907. The fourth-order valence-electron chi connectivity index (χ4n) is 2.71. The highest BCUT2D eigenvalue weighted by molar-refractivity contribution is 6.30. The lowest BCUT2D eigenvalue weighted by molar-refractivity contribution is 0.180. The Hall–Kier alpha value is -0.570. The summed E-state index contributed by atoms with van der Waals surface area (Å²) in [5.41, 5.74) is 7.06. The third-order valence-electron chi connectivity index (χ3n) is 3.99. The lowest BCUT2D eigenvalue weighted by Crippen LogP contribution is -2.38. The SMILES string of the molecule is CC(CN1CCC(CN)CC1)c1cccc(Cl)c1. The minimum atomic E-state index is 0.540. The van der Waals surface area contributed by atoms with E-state index in [-0.39, 0.29) is 0 Å². The molecule has 1 aromatic rings. The van der Waals surface area contributed by atoms with Crippen LogP contribution >= 0.6 is 11.6 Å². The van der Waals surface area contributed by atoms with Crippen LogP contribution < -0.4 is 5.73 Å². The predicted octanol–water partition coefficient (Wildman–Crippen LogP) is 3.11. The third-order valence-corrected chi connectivity index (χ3v) is 4.23. The summed E-state index contributed by atoms with van der Waals surface area (Å²) in [5.74, 6) is 1.28. The Kier molecular flexibility index (Phi) is 5.04. The Bertz CT molecular complexity index is 373. The van der Waals surface area contributed by atoms with Crippen molar-refractivity contribution < 1.29 is 0 Å². The van der Waals surface area contributed by atoms with Gasteiger partial charge in [-0.05, 0) is 62.0 Å². The van der Waals surface area contributed by atoms with Crippen LogP contribution in [0.3, 0.4) is 0 Å². The average Bonchev–Trinajstić information content (AvgIpc) is 2.39. The topological polar surface area (TPSA) is 29.3 Å². The van der Waals surface area contributed by atoms with Crippen LogP contribution in [0.5, 0.6) is 0 Å². The molecule has 100 valence electrons. The van der Waals surface area contributed by atoms with Gasteiger partial charge in [-0.2, -0.15) is 0 Å². The minimum absolute atomic E-state index is 0.540. The van der Waals surface area contributed by atoms with Crippen LogP contribution in [-0.4, -0.2) is 31.1 Å². The van der Waals surface area contributed by atoms with Crippen LogP contribution in [0, 0.1) is 5.92 Å². The summed E-state index contributed by atoms with van der Waals surface area (Å²) in [5, 5.41) is 0.834. The standard InChI is InChI=1S/C15H23ClN2/c1-12(14-3-2-4-15(16)9-14)11-18-7-5-13(10-17)6-8-18/h2-4,9,12-13H,5-8,10-11,17H2,1H3. The van der Waals surface area contributed by atoms with Gasteiger partial charge in [0.2, 0.25) is 0 Å². The summed E-state index contributed by atoms with van der Waals surface area (Å²) in [7, 11) is 0. The second-order valence-corrected chi connectivity index (χ2v) is 5.87. The molecule has 0 radical (unpaired) electrons. The molecule has 3 heteroatoms. The number of nitrogens with two attached hydrogens (primary N) is 1. The highest BCUT2D eigenvalue weighted by Gasteiger charge is 2.19. The fourth-order valence-corrected chi connectivity index (χ4v) is 2.91. The van der Waals surface area contributed by atoms with Gasteiger partial charge in [-0.1, -0.05) is 30.7 Å². The molecule has 0 bridgehead atoms. The third kappa shape index (κ3) is 3.71. The summed E-state index contributed by atoms with van der Waals surface area (Å²) < 4.78 is 0. The van der Waals surface area contributed by atoms with Crippen LogP contribution in [0.1, 0.15) is 31.2 Å². The molecule has 0 aromatic heterocycles. The van der Waals surface area contributed by atoms with Crippen LogP contribution in [-0.2, 0) is 0 Å². The number of benzene rings is 1. The fraction of sp³-hybridized carbons (Fsp3) is 0.600. The molecule has 2 N–H and O–H groups in total. The molecule has 0 amide bonds. The molecule has 1 aromatic carbocycles. The average molecular weight is 267 g/mol. The molecule has 1 atom stereocenters. The Morgan fingerprint density at radius 1 is 1.39 bits per heavy atom. The maximum Gasteiger partial charge on any atom is 0.0408 e. The molecule has 18 heavy (non-hydrogen) atoms. The maximum absolute atomic E-state index is 6.04. The Morgan fingerprint density at radius 3 is 2.72 bits per heavy atom. The van der Waals surface area contributed by atoms with E-state index in [1.807, 2.05) is 12.1 Å². The summed E-state index contributed by atoms with van der Waals surface area (Å²) in [6.45, 7) is 6.62. The van der Waals surface area contributed by atoms with Crippen molar-refractivity contribution >= 4 is 11.6 Å². The van der Waals surface area contributed by atoms with Crippen molar-refractivity contribution in [1.82, 2.24) is 4.90 Å².